The Hall–Kier alpha value is -6.58. The van der Waals surface area contributed by atoms with Crippen LogP contribution in [0.1, 0.15) is 126 Å². The lowest BCUT2D eigenvalue weighted by molar-refractivity contribution is -0.135. The number of rotatable bonds is 14. The van der Waals surface area contributed by atoms with E-state index in [0.717, 1.165) is 112 Å². The quantitative estimate of drug-likeness (QED) is 0.0618. The third-order valence-corrected chi connectivity index (χ3v) is 14.9. The number of imidazole rings is 1. The van der Waals surface area contributed by atoms with Gasteiger partial charge in [-0.25, -0.2) is 14.6 Å². The van der Waals surface area contributed by atoms with Gasteiger partial charge in [0.15, 0.2) is 0 Å². The Labute approximate surface area is 402 Å². The number of aromatic nitrogens is 4. The maximum atomic E-state index is 14.1. The molecule has 6 N–H and O–H groups in total. The lowest BCUT2D eigenvalue weighted by Crippen LogP contribution is -2.54. The number of carbonyl (C=O) groups is 3. The highest BCUT2D eigenvalue weighted by Gasteiger charge is 2.42. The summed E-state index contributed by atoms with van der Waals surface area (Å²) in [6.07, 6.45) is 5.14. The van der Waals surface area contributed by atoms with Crippen LogP contribution >= 0.6 is 0 Å². The second-order valence-corrected chi connectivity index (χ2v) is 20.0. The molecule has 1 saturated carbocycles. The summed E-state index contributed by atoms with van der Waals surface area (Å²) in [5, 5.41) is 27.6. The topological polar surface area (TPSA) is 190 Å². The van der Waals surface area contributed by atoms with Crippen LogP contribution in [0.5, 0.6) is 5.75 Å². The van der Waals surface area contributed by atoms with Crippen LogP contribution in [0.2, 0.25) is 0 Å². The number of nitrogens with one attached hydrogen (secondary N) is 4. The van der Waals surface area contributed by atoms with Crippen LogP contribution in [0, 0.1) is 11.8 Å². The van der Waals surface area contributed by atoms with Gasteiger partial charge in [0.2, 0.25) is 12.1 Å². The van der Waals surface area contributed by atoms with Gasteiger partial charge in [0.25, 0.3) is 0 Å². The van der Waals surface area contributed by atoms with Crippen molar-refractivity contribution < 1.29 is 34.1 Å². The molecule has 0 spiro atoms. The predicted octanol–water partition coefficient (Wildman–Crippen LogP) is 9.86. The minimum atomic E-state index is -1.19. The van der Waals surface area contributed by atoms with Gasteiger partial charge in [0, 0.05) is 52.1 Å². The summed E-state index contributed by atoms with van der Waals surface area (Å²) >= 11 is 0. The molecular formula is C54H64N8O7. The number of hydrogen-bond acceptors (Lipinski definition) is 8. The number of carboxylic acid groups (broad SMARTS) is 1. The number of aromatic amines is 2. The number of nitrogens with zero attached hydrogens (tertiary/aromatic N) is 4. The first kappa shape index (κ1) is 46.2. The number of fused-ring (bicyclic) bond motifs is 5. The van der Waals surface area contributed by atoms with Crippen molar-refractivity contribution in [3.8, 4) is 39.5 Å². The van der Waals surface area contributed by atoms with Gasteiger partial charge in [-0.1, -0.05) is 77.1 Å². The van der Waals surface area contributed by atoms with Crippen LogP contribution in [-0.2, 0) is 16.0 Å². The third kappa shape index (κ3) is 8.53. The number of ether oxygens (including phenoxy) is 2. The Morgan fingerprint density at radius 2 is 1.64 bits per heavy atom. The lowest BCUT2D eigenvalue weighted by atomic mass is 9.95. The zero-order chi connectivity index (χ0) is 48.2. The lowest BCUT2D eigenvalue weighted by Gasteiger charge is -2.35. The minimum Gasteiger partial charge on any atom is -0.465 e. The Balaban J connectivity index is 0.991. The Morgan fingerprint density at radius 1 is 0.884 bits per heavy atom. The summed E-state index contributed by atoms with van der Waals surface area (Å²) in [6.45, 7) is 11.1. The van der Waals surface area contributed by atoms with Crippen molar-refractivity contribution in [3.63, 3.8) is 0 Å². The van der Waals surface area contributed by atoms with Gasteiger partial charge in [0.05, 0.1) is 48.3 Å². The van der Waals surface area contributed by atoms with E-state index < -0.39 is 36.7 Å². The maximum Gasteiger partial charge on any atom is 0.407 e. The molecule has 1 aliphatic carbocycles. The molecule has 6 atom stereocenters. The fourth-order valence-electron chi connectivity index (χ4n) is 11.3. The van der Waals surface area contributed by atoms with Gasteiger partial charge in [-0.2, -0.15) is 0 Å². The molecule has 3 fully saturated rings. The van der Waals surface area contributed by atoms with Crippen molar-refractivity contribution in [2.45, 2.75) is 122 Å². The number of H-pyrrole nitrogens is 2. The number of hydrogen-bond donors (Lipinski definition) is 6. The van der Waals surface area contributed by atoms with E-state index in [1.165, 1.54) is 18.2 Å². The van der Waals surface area contributed by atoms with E-state index in [1.54, 1.807) is 0 Å². The highest BCUT2D eigenvalue weighted by atomic mass is 16.5. The molecule has 362 valence electrons. The van der Waals surface area contributed by atoms with Gasteiger partial charge >= 0.3 is 12.2 Å². The average molecular weight is 937 g/mol. The molecule has 3 aromatic heterocycles. The number of aliphatic hydroxyl groups is 1. The van der Waals surface area contributed by atoms with Crippen molar-refractivity contribution >= 4 is 29.0 Å². The molecule has 6 aromatic rings. The predicted molar refractivity (Wildman–Crippen MR) is 264 cm³/mol. The molecule has 2 saturated heterocycles. The van der Waals surface area contributed by atoms with Crippen LogP contribution in [0.15, 0.2) is 79.0 Å². The highest BCUT2D eigenvalue weighted by Crippen LogP contribution is 2.52. The smallest absolute Gasteiger partial charge is 0.407 e. The van der Waals surface area contributed by atoms with Gasteiger partial charge in [-0.3, -0.25) is 9.69 Å². The molecule has 3 aromatic carbocycles. The number of benzene rings is 3. The zero-order valence-corrected chi connectivity index (χ0v) is 40.3. The molecule has 15 nitrogen and oxygen atoms in total. The van der Waals surface area contributed by atoms with E-state index in [9.17, 15) is 24.6 Å². The number of methoxy groups -OCH3 is 1. The zero-order valence-electron chi connectivity index (χ0n) is 40.3. The first-order valence-corrected chi connectivity index (χ1v) is 24.7. The number of carbonyl (C=O) groups excluding carboxylic acids is 2. The van der Waals surface area contributed by atoms with Crippen LogP contribution in [-0.4, -0.2) is 96.1 Å². The molecule has 6 unspecified atom stereocenters. The van der Waals surface area contributed by atoms with Crippen molar-refractivity contribution in [2.75, 3.05) is 20.2 Å². The van der Waals surface area contributed by atoms with E-state index in [1.807, 2.05) is 61.9 Å². The fourth-order valence-corrected chi connectivity index (χ4v) is 11.3. The number of likely N-dealkylation sites (tertiary alicyclic amines) is 2. The first-order valence-electron chi connectivity index (χ1n) is 24.7. The molecule has 6 heterocycles. The molecule has 3 amide bonds. The van der Waals surface area contributed by atoms with Gasteiger partial charge in [-0.15, -0.1) is 0 Å². The van der Waals surface area contributed by atoms with Gasteiger partial charge < -0.3 is 49.8 Å². The fraction of sp³-hybridized carbons (Fsp3) is 0.444. The minimum absolute atomic E-state index is 0.0290. The molecule has 69 heavy (non-hydrogen) atoms. The standard InChI is InChI=1S/C54H64N8O7/c1-7-36-44(31-17-18-31)47(57-48(36)40-15-11-23-60(40)50(63)45(29(2)3)58-53(65)66)34-19-21-37-42-26-35-25-33(20-22-39(35)62(42)52(69-43(37)27-34)32-13-9-8-10-14-32)38-28-55-49(56-38)41-16-12-24-61(41)51(64)46(30(4)5)59-54(67)68-6/h8-10,13-14,19-22,25-31,40-41,45-46,51-52,57-58,64H,7,11-12,15-18,23-24H2,1-6H3,(H,55,56)(H,59,67)(H,65,66). The van der Waals surface area contributed by atoms with E-state index in [0.29, 0.717) is 19.0 Å². The summed E-state index contributed by atoms with van der Waals surface area (Å²) in [4.78, 5) is 54.3. The Kier molecular flexibility index (Phi) is 12.5. The molecule has 0 radical (unpaired) electrons. The highest BCUT2D eigenvalue weighted by molar-refractivity contribution is 5.93. The molecule has 10 rings (SSSR count). The maximum absolute atomic E-state index is 14.1. The van der Waals surface area contributed by atoms with Crippen molar-refractivity contribution in [1.29, 1.82) is 0 Å². The largest absolute Gasteiger partial charge is 0.465 e. The molecule has 3 aliphatic heterocycles. The normalized spacial score (nSPS) is 20.4. The monoisotopic (exact) mass is 936 g/mol. The summed E-state index contributed by atoms with van der Waals surface area (Å²) in [6, 6.07) is 23.9. The second kappa shape index (κ2) is 18.7. The Bertz CT molecular complexity index is 2880. The summed E-state index contributed by atoms with van der Waals surface area (Å²) in [5.41, 5.74) is 11.7. The van der Waals surface area contributed by atoms with E-state index in [2.05, 4.69) is 86.7 Å². The van der Waals surface area contributed by atoms with E-state index in [4.69, 9.17) is 14.5 Å². The van der Waals surface area contributed by atoms with Gasteiger partial charge in [-0.05, 0) is 104 Å². The van der Waals surface area contributed by atoms with Crippen LogP contribution < -0.4 is 15.4 Å². The second-order valence-electron chi connectivity index (χ2n) is 20.0. The average Bonchev–Trinajstić information content (AvgIpc) is 3.89. The van der Waals surface area contributed by atoms with Crippen molar-refractivity contribution in [2.24, 2.45) is 11.8 Å². The summed E-state index contributed by atoms with van der Waals surface area (Å²) < 4.78 is 14.3. The van der Waals surface area contributed by atoms with E-state index >= 15 is 0 Å². The SMILES string of the molecule is CCc1c(C2CCCN2C(=O)C(NC(=O)O)C(C)C)[nH]c(-c2ccc3c(c2)OC(c2ccccc2)n2c-3cc3cc(-c4cnc(C5CCCN5C(O)C(NC(=O)OC)C(C)C)[nH]4)ccc32)c1C1CC1. The van der Waals surface area contributed by atoms with Crippen molar-refractivity contribution in [3.05, 3.63) is 107 Å². The van der Waals surface area contributed by atoms with Crippen LogP contribution in [0.4, 0.5) is 9.59 Å². The van der Waals surface area contributed by atoms with Crippen molar-refractivity contribution in [1.82, 2.24) is 40.0 Å². The van der Waals surface area contributed by atoms with Crippen LogP contribution in [0.3, 0.4) is 0 Å². The molecule has 15 heteroatoms. The van der Waals surface area contributed by atoms with Crippen LogP contribution in [0.25, 0.3) is 44.7 Å². The summed E-state index contributed by atoms with van der Waals surface area (Å²) in [5.74, 6) is 1.59. The molecule has 0 bridgehead atoms. The number of amides is 3. The first-order chi connectivity index (χ1) is 33.3. The van der Waals surface area contributed by atoms with Gasteiger partial charge in [0.1, 0.15) is 23.8 Å². The van der Waals surface area contributed by atoms with E-state index in [-0.39, 0.29) is 29.8 Å². The molecule has 4 aliphatic rings. The third-order valence-electron chi connectivity index (χ3n) is 14.9. The molecular weight excluding hydrogens is 873 g/mol. The number of aliphatic hydroxyl groups excluding tert-OH is 1. The number of alkyl carbamates (subject to hydrolysis) is 1. The Morgan fingerprint density at radius 3 is 2.35 bits per heavy atom. The summed E-state index contributed by atoms with van der Waals surface area (Å²) in [7, 11) is 1.33.